The molecular formula is C21H29FN2O2. The molecule has 26 heavy (non-hydrogen) atoms. The number of Topliss-reactive ketones (excluding diaryl/α,β-unsaturated/α-hetero) is 1. The predicted octanol–water partition coefficient (Wildman–Crippen LogP) is 3.51. The first-order valence-corrected chi connectivity index (χ1v) is 9.80. The molecule has 0 N–H and O–H groups in total. The molecule has 1 amide bonds. The fourth-order valence-corrected chi connectivity index (χ4v) is 4.29. The van der Waals surface area contributed by atoms with Crippen LogP contribution < -0.4 is 0 Å². The molecule has 2 saturated heterocycles. The van der Waals surface area contributed by atoms with Gasteiger partial charge in [-0.3, -0.25) is 9.59 Å². The lowest BCUT2D eigenvalue weighted by molar-refractivity contribution is -0.138. The number of rotatable bonds is 6. The molecule has 0 saturated carbocycles. The average Bonchev–Trinajstić information content (AvgIpc) is 2.66. The number of ketones is 1. The van der Waals surface area contributed by atoms with Gasteiger partial charge in [0, 0.05) is 31.5 Å². The maximum atomic E-state index is 12.9. The van der Waals surface area contributed by atoms with Crippen LogP contribution in [0.3, 0.4) is 0 Å². The minimum atomic E-state index is -0.310. The van der Waals surface area contributed by atoms with E-state index in [-0.39, 0.29) is 11.6 Å². The largest absolute Gasteiger partial charge is 0.342 e. The summed E-state index contributed by atoms with van der Waals surface area (Å²) >= 11 is 0. The highest BCUT2D eigenvalue weighted by atomic mass is 19.1. The summed E-state index contributed by atoms with van der Waals surface area (Å²) in [7, 11) is 0. The molecule has 2 heterocycles. The van der Waals surface area contributed by atoms with Gasteiger partial charge in [0.05, 0.1) is 0 Å². The summed E-state index contributed by atoms with van der Waals surface area (Å²) in [5, 5.41) is 0. The topological polar surface area (TPSA) is 40.6 Å². The quantitative estimate of drug-likeness (QED) is 0.729. The van der Waals surface area contributed by atoms with E-state index >= 15 is 0 Å². The van der Waals surface area contributed by atoms with Crippen molar-refractivity contribution in [1.29, 1.82) is 0 Å². The van der Waals surface area contributed by atoms with Crippen LogP contribution in [0.1, 0.15) is 55.8 Å². The van der Waals surface area contributed by atoms with Gasteiger partial charge < -0.3 is 9.80 Å². The van der Waals surface area contributed by atoms with Crippen LogP contribution in [0, 0.1) is 11.2 Å². The first-order chi connectivity index (χ1) is 12.5. The van der Waals surface area contributed by atoms with Gasteiger partial charge in [0.1, 0.15) is 5.82 Å². The van der Waals surface area contributed by atoms with Crippen molar-refractivity contribution in [3.63, 3.8) is 0 Å². The molecule has 0 aliphatic carbocycles. The third kappa shape index (κ3) is 4.50. The Bertz CT molecular complexity index is 636. The van der Waals surface area contributed by atoms with Crippen molar-refractivity contribution in [3.05, 3.63) is 35.6 Å². The Balaban J connectivity index is 1.41. The molecule has 1 aromatic rings. The molecule has 0 atom stereocenters. The summed E-state index contributed by atoms with van der Waals surface area (Å²) in [6, 6.07) is 5.80. The van der Waals surface area contributed by atoms with Gasteiger partial charge in [-0.2, -0.15) is 0 Å². The van der Waals surface area contributed by atoms with E-state index in [9.17, 15) is 14.0 Å². The second-order valence-corrected chi connectivity index (χ2v) is 7.78. The normalized spacial score (nSPS) is 20.5. The highest BCUT2D eigenvalue weighted by Crippen LogP contribution is 2.40. The highest BCUT2D eigenvalue weighted by molar-refractivity contribution is 5.95. The number of hydrogen-bond acceptors (Lipinski definition) is 3. The van der Waals surface area contributed by atoms with E-state index in [0.717, 1.165) is 58.4 Å². The third-order valence-electron chi connectivity index (χ3n) is 6.09. The summed E-state index contributed by atoms with van der Waals surface area (Å²) < 4.78 is 12.9. The van der Waals surface area contributed by atoms with Gasteiger partial charge in [-0.15, -0.1) is 0 Å². The van der Waals surface area contributed by atoms with E-state index in [4.69, 9.17) is 0 Å². The molecule has 1 aromatic carbocycles. The van der Waals surface area contributed by atoms with Gasteiger partial charge in [-0.25, -0.2) is 4.39 Å². The van der Waals surface area contributed by atoms with Crippen LogP contribution in [0.2, 0.25) is 0 Å². The third-order valence-corrected chi connectivity index (χ3v) is 6.09. The van der Waals surface area contributed by atoms with Crippen molar-refractivity contribution in [1.82, 2.24) is 9.80 Å². The number of hydrogen-bond donors (Lipinski definition) is 0. The smallest absolute Gasteiger partial charge is 0.222 e. The highest BCUT2D eigenvalue weighted by Gasteiger charge is 2.40. The lowest BCUT2D eigenvalue weighted by Crippen LogP contribution is -2.51. The second kappa shape index (κ2) is 8.30. The van der Waals surface area contributed by atoms with Crippen molar-refractivity contribution in [2.75, 3.05) is 32.7 Å². The predicted molar refractivity (Wildman–Crippen MR) is 99.6 cm³/mol. The molecule has 2 aliphatic heterocycles. The van der Waals surface area contributed by atoms with Crippen LogP contribution in [0.15, 0.2) is 24.3 Å². The zero-order valence-electron chi connectivity index (χ0n) is 15.7. The number of piperidine rings is 2. The zero-order chi connectivity index (χ0) is 18.6. The summed E-state index contributed by atoms with van der Waals surface area (Å²) in [5.74, 6) is 0.0811. The Morgan fingerprint density at radius 2 is 1.85 bits per heavy atom. The molecule has 3 rings (SSSR count). The van der Waals surface area contributed by atoms with Crippen molar-refractivity contribution in [2.24, 2.45) is 5.41 Å². The fourth-order valence-electron chi connectivity index (χ4n) is 4.29. The van der Waals surface area contributed by atoms with Gasteiger partial charge in [0.15, 0.2) is 5.78 Å². The van der Waals surface area contributed by atoms with Crippen molar-refractivity contribution in [3.8, 4) is 0 Å². The van der Waals surface area contributed by atoms with Crippen LogP contribution in [0.4, 0.5) is 4.39 Å². The summed E-state index contributed by atoms with van der Waals surface area (Å²) in [6.07, 6.45) is 5.35. The van der Waals surface area contributed by atoms with Crippen LogP contribution >= 0.6 is 0 Å². The minimum absolute atomic E-state index is 0.0860. The van der Waals surface area contributed by atoms with Gasteiger partial charge in [0.25, 0.3) is 0 Å². The Kier molecular flexibility index (Phi) is 6.07. The molecule has 0 bridgehead atoms. The molecule has 2 aliphatic rings. The molecule has 2 fully saturated rings. The summed E-state index contributed by atoms with van der Waals surface area (Å²) in [6.45, 7) is 6.83. The van der Waals surface area contributed by atoms with Gasteiger partial charge in [0.2, 0.25) is 5.91 Å². The average molecular weight is 360 g/mol. The molecule has 142 valence electrons. The Hall–Kier alpha value is -1.75. The number of likely N-dealkylation sites (tertiary alicyclic amines) is 2. The fraction of sp³-hybridized carbons (Fsp3) is 0.619. The first kappa shape index (κ1) is 19.0. The van der Waals surface area contributed by atoms with Crippen molar-refractivity contribution in [2.45, 2.75) is 45.4 Å². The number of benzene rings is 1. The monoisotopic (exact) mass is 360 g/mol. The van der Waals surface area contributed by atoms with Gasteiger partial charge in [-0.1, -0.05) is 0 Å². The SMILES string of the molecule is CCN1CC2(CCC1=O)CCN(CCCC(=O)c1ccc(F)cc1)CC2. The van der Waals surface area contributed by atoms with Crippen LogP contribution in [-0.4, -0.2) is 54.2 Å². The van der Waals surface area contributed by atoms with Crippen LogP contribution in [-0.2, 0) is 4.79 Å². The summed E-state index contributed by atoms with van der Waals surface area (Å²) in [4.78, 5) is 28.5. The van der Waals surface area contributed by atoms with E-state index in [2.05, 4.69) is 11.8 Å². The molecule has 4 nitrogen and oxygen atoms in total. The van der Waals surface area contributed by atoms with Gasteiger partial charge in [-0.05, 0) is 81.9 Å². The summed E-state index contributed by atoms with van der Waals surface area (Å²) in [5.41, 5.74) is 0.903. The molecule has 1 spiro atoms. The number of nitrogens with zero attached hydrogens (tertiary/aromatic N) is 2. The number of carbonyl (C=O) groups excluding carboxylic acids is 2. The second-order valence-electron chi connectivity index (χ2n) is 7.78. The Morgan fingerprint density at radius 1 is 1.15 bits per heavy atom. The lowest BCUT2D eigenvalue weighted by atomic mass is 9.72. The van der Waals surface area contributed by atoms with E-state index < -0.39 is 0 Å². The van der Waals surface area contributed by atoms with Gasteiger partial charge >= 0.3 is 0 Å². The maximum absolute atomic E-state index is 12.9. The van der Waals surface area contributed by atoms with E-state index in [1.165, 1.54) is 12.1 Å². The first-order valence-electron chi connectivity index (χ1n) is 9.80. The van der Waals surface area contributed by atoms with E-state index in [0.29, 0.717) is 29.7 Å². The molecule has 0 radical (unpaired) electrons. The van der Waals surface area contributed by atoms with Crippen molar-refractivity contribution < 1.29 is 14.0 Å². The number of carbonyl (C=O) groups is 2. The van der Waals surface area contributed by atoms with Crippen molar-refractivity contribution >= 4 is 11.7 Å². The van der Waals surface area contributed by atoms with E-state index in [1.807, 2.05) is 4.90 Å². The number of amides is 1. The standard InChI is InChI=1S/C21H29FN2O2/c1-2-24-16-21(10-9-20(24)26)11-14-23(15-12-21)13-3-4-19(25)17-5-7-18(22)8-6-17/h5-8H,2-4,9-16H2,1H3. The lowest BCUT2D eigenvalue weighted by Gasteiger charge is -2.47. The van der Waals surface area contributed by atoms with Crippen LogP contribution in [0.5, 0.6) is 0 Å². The van der Waals surface area contributed by atoms with Crippen LogP contribution in [0.25, 0.3) is 0 Å². The zero-order valence-corrected chi connectivity index (χ0v) is 15.7. The molecule has 0 aromatic heterocycles. The molecule has 0 unspecified atom stereocenters. The Morgan fingerprint density at radius 3 is 2.50 bits per heavy atom. The minimum Gasteiger partial charge on any atom is -0.342 e. The Labute approximate surface area is 155 Å². The van der Waals surface area contributed by atoms with E-state index in [1.54, 1.807) is 12.1 Å². The molecular weight excluding hydrogens is 331 g/mol. The number of halogens is 1. The maximum Gasteiger partial charge on any atom is 0.222 e. The molecule has 5 heteroatoms.